The monoisotopic (exact) mass is 344 g/mol. The van der Waals surface area contributed by atoms with Crippen LogP contribution in [0.25, 0.3) is 11.1 Å². The number of methoxy groups -OCH3 is 1. The lowest BCUT2D eigenvalue weighted by atomic mass is 10.1. The molecule has 0 saturated carbocycles. The van der Waals surface area contributed by atoms with Gasteiger partial charge in [-0.2, -0.15) is 0 Å². The van der Waals surface area contributed by atoms with E-state index in [1.165, 1.54) is 6.20 Å². The lowest BCUT2D eigenvalue weighted by Crippen LogP contribution is -2.42. The van der Waals surface area contributed by atoms with Crippen LogP contribution in [-0.2, 0) is 9.59 Å². The van der Waals surface area contributed by atoms with Gasteiger partial charge in [0.05, 0.1) is 19.1 Å². The van der Waals surface area contributed by atoms with Crippen LogP contribution in [0.4, 0.5) is 0 Å². The molecule has 0 fully saturated rings. The number of aliphatic carboxylic acids is 2. The molecule has 2 rings (SSSR count). The van der Waals surface area contributed by atoms with Crippen LogP contribution in [0.1, 0.15) is 16.8 Å². The van der Waals surface area contributed by atoms with Crippen molar-refractivity contribution in [2.45, 2.75) is 12.5 Å². The average molecular weight is 344 g/mol. The zero-order valence-electron chi connectivity index (χ0n) is 13.3. The van der Waals surface area contributed by atoms with Gasteiger partial charge in [0.2, 0.25) is 0 Å². The minimum atomic E-state index is -1.52. The number of aromatic nitrogens is 1. The molecule has 25 heavy (non-hydrogen) atoms. The zero-order valence-corrected chi connectivity index (χ0v) is 13.3. The minimum absolute atomic E-state index is 0.130. The van der Waals surface area contributed by atoms with Crippen molar-refractivity contribution in [3.8, 4) is 16.9 Å². The van der Waals surface area contributed by atoms with E-state index >= 15 is 0 Å². The van der Waals surface area contributed by atoms with Crippen LogP contribution in [0.15, 0.2) is 42.7 Å². The third kappa shape index (κ3) is 4.77. The highest BCUT2D eigenvalue weighted by Crippen LogP contribution is 2.22. The predicted molar refractivity (Wildman–Crippen MR) is 87.4 cm³/mol. The van der Waals surface area contributed by atoms with Gasteiger partial charge >= 0.3 is 11.9 Å². The number of carbonyl (C=O) groups is 3. The van der Waals surface area contributed by atoms with E-state index in [2.05, 4.69) is 10.3 Å². The molecule has 0 aliphatic heterocycles. The van der Waals surface area contributed by atoms with Gasteiger partial charge in [-0.15, -0.1) is 0 Å². The molecule has 8 nitrogen and oxygen atoms in total. The Balaban J connectivity index is 2.20. The summed E-state index contributed by atoms with van der Waals surface area (Å²) in [6.45, 7) is 0. The molecule has 1 amide bonds. The number of pyridine rings is 1. The quantitative estimate of drug-likeness (QED) is 0.693. The molecular formula is C17H16N2O6. The molecule has 130 valence electrons. The van der Waals surface area contributed by atoms with Crippen molar-refractivity contribution in [2.24, 2.45) is 0 Å². The number of hydrogen-bond acceptors (Lipinski definition) is 5. The number of amides is 1. The second-order valence-corrected chi connectivity index (χ2v) is 5.15. The second-order valence-electron chi connectivity index (χ2n) is 5.15. The standard InChI is InChI=1S/C17H16N2O6/c1-25-13-4-2-10(3-5-13)11-6-12(9-18-8-11)16(22)19-14(17(23)24)7-15(20)21/h2-6,8-9,14H,7H2,1H3,(H,19,22)(H,20,21)(H,23,24)/t14-/m0/s1. The third-order valence-electron chi connectivity index (χ3n) is 3.41. The Hall–Kier alpha value is -3.42. The number of carboxylic acid groups (broad SMARTS) is 2. The van der Waals surface area contributed by atoms with Crippen molar-refractivity contribution >= 4 is 17.8 Å². The molecule has 1 atom stereocenters. The number of carboxylic acids is 2. The summed E-state index contributed by atoms with van der Waals surface area (Å²) < 4.78 is 5.08. The van der Waals surface area contributed by atoms with Crippen molar-refractivity contribution in [1.29, 1.82) is 0 Å². The number of benzene rings is 1. The largest absolute Gasteiger partial charge is 0.497 e. The zero-order chi connectivity index (χ0) is 18.4. The molecule has 0 aliphatic carbocycles. The minimum Gasteiger partial charge on any atom is -0.497 e. The number of nitrogens with zero attached hydrogens (tertiary/aromatic N) is 1. The summed E-state index contributed by atoms with van der Waals surface area (Å²) in [6.07, 6.45) is 2.12. The first-order valence-electron chi connectivity index (χ1n) is 7.25. The highest BCUT2D eigenvalue weighted by Gasteiger charge is 2.23. The number of nitrogens with one attached hydrogen (secondary N) is 1. The SMILES string of the molecule is COc1ccc(-c2cncc(C(=O)N[C@@H](CC(=O)O)C(=O)O)c2)cc1. The first kappa shape index (κ1) is 17.9. The summed E-state index contributed by atoms with van der Waals surface area (Å²) >= 11 is 0. The molecule has 0 aliphatic rings. The number of hydrogen-bond donors (Lipinski definition) is 3. The van der Waals surface area contributed by atoms with Crippen molar-refractivity contribution in [3.05, 3.63) is 48.3 Å². The van der Waals surface area contributed by atoms with Gasteiger partial charge in [0.25, 0.3) is 5.91 Å². The van der Waals surface area contributed by atoms with E-state index in [9.17, 15) is 14.4 Å². The molecule has 0 bridgehead atoms. The maximum Gasteiger partial charge on any atom is 0.326 e. The summed E-state index contributed by atoms with van der Waals surface area (Å²) in [5, 5.41) is 19.9. The van der Waals surface area contributed by atoms with Crippen LogP contribution in [-0.4, -0.2) is 46.2 Å². The number of carbonyl (C=O) groups excluding carboxylic acids is 1. The van der Waals surface area contributed by atoms with E-state index < -0.39 is 30.3 Å². The molecule has 0 saturated heterocycles. The topological polar surface area (TPSA) is 126 Å². The number of ether oxygens (including phenoxy) is 1. The molecule has 2 aromatic rings. The van der Waals surface area contributed by atoms with Gasteiger partial charge in [-0.1, -0.05) is 12.1 Å². The van der Waals surface area contributed by atoms with Gasteiger partial charge < -0.3 is 20.3 Å². The van der Waals surface area contributed by atoms with Crippen LogP contribution in [0, 0.1) is 0 Å². The highest BCUT2D eigenvalue weighted by molar-refractivity contribution is 5.98. The first-order chi connectivity index (χ1) is 11.9. The third-order valence-corrected chi connectivity index (χ3v) is 3.41. The first-order valence-corrected chi connectivity index (χ1v) is 7.25. The fraction of sp³-hybridized carbons (Fsp3) is 0.176. The average Bonchev–Trinajstić information content (AvgIpc) is 2.60. The van der Waals surface area contributed by atoms with Gasteiger partial charge in [0.15, 0.2) is 0 Å². The van der Waals surface area contributed by atoms with Gasteiger partial charge in [0.1, 0.15) is 11.8 Å². The van der Waals surface area contributed by atoms with Gasteiger partial charge in [0, 0.05) is 18.0 Å². The molecule has 0 radical (unpaired) electrons. The smallest absolute Gasteiger partial charge is 0.326 e. The summed E-state index contributed by atoms with van der Waals surface area (Å²) in [4.78, 5) is 37.9. The summed E-state index contributed by atoms with van der Waals surface area (Å²) in [5.41, 5.74) is 1.58. The van der Waals surface area contributed by atoms with Crippen LogP contribution >= 0.6 is 0 Å². The molecule has 1 heterocycles. The van der Waals surface area contributed by atoms with Crippen molar-refractivity contribution in [2.75, 3.05) is 7.11 Å². The maximum atomic E-state index is 12.2. The van der Waals surface area contributed by atoms with E-state index in [0.29, 0.717) is 11.3 Å². The van der Waals surface area contributed by atoms with Crippen molar-refractivity contribution < 1.29 is 29.3 Å². The molecule has 3 N–H and O–H groups in total. The summed E-state index contributed by atoms with van der Waals surface area (Å²) in [7, 11) is 1.55. The van der Waals surface area contributed by atoms with E-state index in [0.717, 1.165) is 5.56 Å². The van der Waals surface area contributed by atoms with Gasteiger partial charge in [-0.25, -0.2) is 4.79 Å². The van der Waals surface area contributed by atoms with Crippen LogP contribution in [0.2, 0.25) is 0 Å². The van der Waals surface area contributed by atoms with Crippen LogP contribution in [0.3, 0.4) is 0 Å². The van der Waals surface area contributed by atoms with Crippen LogP contribution < -0.4 is 10.1 Å². The fourth-order valence-corrected chi connectivity index (χ4v) is 2.12. The van der Waals surface area contributed by atoms with Crippen LogP contribution in [0.5, 0.6) is 5.75 Å². The summed E-state index contributed by atoms with van der Waals surface area (Å²) in [6, 6.07) is 7.13. The van der Waals surface area contributed by atoms with Gasteiger partial charge in [-0.05, 0) is 23.8 Å². The molecule has 0 unspecified atom stereocenters. The molecule has 8 heteroatoms. The Morgan fingerprint density at radius 1 is 1.12 bits per heavy atom. The second kappa shape index (κ2) is 7.91. The van der Waals surface area contributed by atoms with E-state index in [1.807, 2.05) is 0 Å². The Kier molecular flexibility index (Phi) is 5.67. The Labute approximate surface area is 143 Å². The maximum absolute atomic E-state index is 12.2. The predicted octanol–water partition coefficient (Wildman–Crippen LogP) is 1.41. The Bertz CT molecular complexity index is 788. The van der Waals surface area contributed by atoms with E-state index in [1.54, 1.807) is 43.6 Å². The fourth-order valence-electron chi connectivity index (χ4n) is 2.12. The van der Waals surface area contributed by atoms with E-state index in [4.69, 9.17) is 14.9 Å². The highest BCUT2D eigenvalue weighted by atomic mass is 16.5. The molecule has 1 aromatic carbocycles. The normalized spacial score (nSPS) is 11.4. The lowest BCUT2D eigenvalue weighted by molar-refractivity contribution is -0.145. The Morgan fingerprint density at radius 3 is 2.36 bits per heavy atom. The van der Waals surface area contributed by atoms with Crippen molar-refractivity contribution in [3.63, 3.8) is 0 Å². The molecule has 1 aromatic heterocycles. The number of rotatable bonds is 7. The molecular weight excluding hydrogens is 328 g/mol. The lowest BCUT2D eigenvalue weighted by Gasteiger charge is -2.12. The Morgan fingerprint density at radius 2 is 1.80 bits per heavy atom. The van der Waals surface area contributed by atoms with E-state index in [-0.39, 0.29) is 5.56 Å². The van der Waals surface area contributed by atoms with Crippen molar-refractivity contribution in [1.82, 2.24) is 10.3 Å². The van der Waals surface area contributed by atoms with Gasteiger partial charge in [-0.3, -0.25) is 14.6 Å². The summed E-state index contributed by atoms with van der Waals surface area (Å²) in [5.74, 6) is -2.77. The molecule has 0 spiro atoms.